The molecule has 1 aliphatic heterocycles. The lowest BCUT2D eigenvalue weighted by Crippen LogP contribution is -2.22. The lowest BCUT2D eigenvalue weighted by atomic mass is 10.1. The Bertz CT molecular complexity index is 323. The third-order valence-electron chi connectivity index (χ3n) is 2.66. The molecule has 0 aliphatic carbocycles. The molecule has 0 saturated carbocycles. The summed E-state index contributed by atoms with van der Waals surface area (Å²) in [7, 11) is 0. The maximum atomic E-state index is 10.8. The number of anilines is 1. The molecule has 1 heterocycles. The summed E-state index contributed by atoms with van der Waals surface area (Å²) in [6, 6.07) is 9.95. The highest BCUT2D eigenvalue weighted by atomic mass is 16.4. The summed E-state index contributed by atoms with van der Waals surface area (Å²) >= 11 is 0. The molecule has 14 heavy (non-hydrogen) atoms. The van der Waals surface area contributed by atoms with Crippen LogP contribution in [0.25, 0.3) is 0 Å². The quantitative estimate of drug-likeness (QED) is 0.771. The number of carbonyl (C=O) groups is 1. The molecule has 1 aromatic carbocycles. The van der Waals surface area contributed by atoms with Crippen molar-refractivity contribution in [1.82, 2.24) is 0 Å². The van der Waals surface area contributed by atoms with Gasteiger partial charge in [-0.25, -0.2) is 0 Å². The van der Waals surface area contributed by atoms with Crippen LogP contribution in [0.2, 0.25) is 0 Å². The Hall–Kier alpha value is -1.51. The molecule has 1 saturated heterocycles. The minimum Gasteiger partial charge on any atom is -0.481 e. The number of carboxylic acids is 1. The molecule has 0 amide bonds. The van der Waals surface area contributed by atoms with Crippen molar-refractivity contribution in [2.45, 2.75) is 6.42 Å². The highest BCUT2D eigenvalue weighted by Gasteiger charge is 2.27. The Kier molecular flexibility index (Phi) is 2.39. The largest absolute Gasteiger partial charge is 0.481 e. The predicted octanol–water partition coefficient (Wildman–Crippen LogP) is 1.60. The number of aliphatic carboxylic acids is 1. The maximum Gasteiger partial charge on any atom is 0.308 e. The molecular formula is C11H13NO2. The van der Waals surface area contributed by atoms with Crippen LogP contribution in [0, 0.1) is 5.92 Å². The Morgan fingerprint density at radius 3 is 2.64 bits per heavy atom. The fourth-order valence-corrected chi connectivity index (χ4v) is 1.84. The van der Waals surface area contributed by atoms with E-state index in [4.69, 9.17) is 5.11 Å². The van der Waals surface area contributed by atoms with E-state index in [2.05, 4.69) is 4.90 Å². The predicted molar refractivity (Wildman–Crippen MR) is 54.4 cm³/mol. The molecule has 3 heteroatoms. The summed E-state index contributed by atoms with van der Waals surface area (Å²) in [5, 5.41) is 8.85. The average molecular weight is 191 g/mol. The summed E-state index contributed by atoms with van der Waals surface area (Å²) < 4.78 is 0. The zero-order chi connectivity index (χ0) is 9.97. The molecule has 1 aliphatic rings. The molecule has 1 atom stereocenters. The van der Waals surface area contributed by atoms with Gasteiger partial charge in [0.05, 0.1) is 5.92 Å². The molecule has 0 unspecified atom stereocenters. The van der Waals surface area contributed by atoms with Crippen LogP contribution in [0.15, 0.2) is 30.3 Å². The number of hydrogen-bond acceptors (Lipinski definition) is 2. The van der Waals surface area contributed by atoms with Crippen molar-refractivity contribution in [2.24, 2.45) is 5.92 Å². The van der Waals surface area contributed by atoms with E-state index in [0.717, 1.165) is 18.7 Å². The number of benzene rings is 1. The fraction of sp³-hybridized carbons (Fsp3) is 0.364. The van der Waals surface area contributed by atoms with Crippen LogP contribution < -0.4 is 4.90 Å². The summed E-state index contributed by atoms with van der Waals surface area (Å²) in [6.45, 7) is 1.49. The Morgan fingerprint density at radius 2 is 2.07 bits per heavy atom. The van der Waals surface area contributed by atoms with E-state index < -0.39 is 5.97 Å². The van der Waals surface area contributed by atoms with Crippen molar-refractivity contribution in [1.29, 1.82) is 0 Å². The summed E-state index contributed by atoms with van der Waals surface area (Å²) in [4.78, 5) is 12.9. The molecule has 1 aromatic rings. The van der Waals surface area contributed by atoms with Crippen LogP contribution in [0.4, 0.5) is 5.69 Å². The number of para-hydroxylation sites is 1. The Balaban J connectivity index is 2.06. The topological polar surface area (TPSA) is 40.5 Å². The molecule has 0 spiro atoms. The lowest BCUT2D eigenvalue weighted by Gasteiger charge is -2.17. The van der Waals surface area contributed by atoms with Gasteiger partial charge < -0.3 is 10.0 Å². The Labute approximate surface area is 83.0 Å². The molecule has 3 nitrogen and oxygen atoms in total. The van der Waals surface area contributed by atoms with Gasteiger partial charge >= 0.3 is 5.97 Å². The van der Waals surface area contributed by atoms with Crippen LogP contribution in [0.5, 0.6) is 0 Å². The first-order valence-electron chi connectivity index (χ1n) is 4.80. The molecule has 2 rings (SSSR count). The second-order valence-corrected chi connectivity index (χ2v) is 3.61. The standard InChI is InChI=1S/C11H13NO2/c13-11(14)9-6-7-12(8-9)10-4-2-1-3-5-10/h1-5,9H,6-8H2,(H,13,14)/t9-/m1/s1. The van der Waals surface area contributed by atoms with Crippen molar-refractivity contribution in [2.75, 3.05) is 18.0 Å². The molecule has 0 aromatic heterocycles. The molecule has 0 bridgehead atoms. The smallest absolute Gasteiger partial charge is 0.308 e. The van der Waals surface area contributed by atoms with Gasteiger partial charge in [0.2, 0.25) is 0 Å². The lowest BCUT2D eigenvalue weighted by molar-refractivity contribution is -0.140. The van der Waals surface area contributed by atoms with E-state index in [0.29, 0.717) is 6.54 Å². The van der Waals surface area contributed by atoms with Crippen molar-refractivity contribution >= 4 is 11.7 Å². The van der Waals surface area contributed by atoms with Gasteiger partial charge in [0, 0.05) is 18.8 Å². The maximum absolute atomic E-state index is 10.8. The highest BCUT2D eigenvalue weighted by Crippen LogP contribution is 2.23. The second-order valence-electron chi connectivity index (χ2n) is 3.61. The first kappa shape index (κ1) is 9.06. The van der Waals surface area contributed by atoms with E-state index in [1.165, 1.54) is 0 Å². The van der Waals surface area contributed by atoms with E-state index >= 15 is 0 Å². The number of rotatable bonds is 2. The second kappa shape index (κ2) is 3.70. The van der Waals surface area contributed by atoms with Gasteiger partial charge in [0.15, 0.2) is 0 Å². The van der Waals surface area contributed by atoms with Gasteiger partial charge in [-0.1, -0.05) is 18.2 Å². The molecule has 74 valence electrons. The SMILES string of the molecule is O=C(O)[C@@H]1CCN(c2ccccc2)C1. The number of nitrogens with zero attached hydrogens (tertiary/aromatic N) is 1. The summed E-state index contributed by atoms with van der Waals surface area (Å²) in [6.07, 6.45) is 0.754. The van der Waals surface area contributed by atoms with E-state index in [9.17, 15) is 4.79 Å². The number of hydrogen-bond donors (Lipinski definition) is 1. The minimum absolute atomic E-state index is 0.199. The van der Waals surface area contributed by atoms with Crippen LogP contribution in [-0.4, -0.2) is 24.2 Å². The van der Waals surface area contributed by atoms with Crippen molar-refractivity contribution < 1.29 is 9.90 Å². The zero-order valence-corrected chi connectivity index (χ0v) is 7.89. The molecule has 1 N–H and O–H groups in total. The van der Waals surface area contributed by atoms with Crippen molar-refractivity contribution in [3.8, 4) is 0 Å². The van der Waals surface area contributed by atoms with Gasteiger partial charge in [0.1, 0.15) is 0 Å². The third-order valence-corrected chi connectivity index (χ3v) is 2.66. The molecule has 0 radical (unpaired) electrons. The van der Waals surface area contributed by atoms with Crippen molar-refractivity contribution in [3.05, 3.63) is 30.3 Å². The van der Waals surface area contributed by atoms with Gasteiger partial charge in [-0.05, 0) is 18.6 Å². The first-order chi connectivity index (χ1) is 6.77. The molecule has 1 fully saturated rings. The van der Waals surface area contributed by atoms with Crippen LogP contribution in [-0.2, 0) is 4.79 Å². The van der Waals surface area contributed by atoms with E-state index in [-0.39, 0.29) is 5.92 Å². The van der Waals surface area contributed by atoms with Crippen molar-refractivity contribution in [3.63, 3.8) is 0 Å². The summed E-state index contributed by atoms with van der Waals surface area (Å²) in [5.41, 5.74) is 1.12. The summed E-state index contributed by atoms with van der Waals surface area (Å²) in [5.74, 6) is -0.876. The Morgan fingerprint density at radius 1 is 1.36 bits per heavy atom. The van der Waals surface area contributed by atoms with Gasteiger partial charge in [-0.2, -0.15) is 0 Å². The van der Waals surface area contributed by atoms with Gasteiger partial charge in [-0.15, -0.1) is 0 Å². The number of carboxylic acid groups (broad SMARTS) is 1. The first-order valence-corrected chi connectivity index (χ1v) is 4.80. The highest BCUT2D eigenvalue weighted by molar-refractivity contribution is 5.72. The average Bonchev–Trinajstić information content (AvgIpc) is 2.68. The van der Waals surface area contributed by atoms with Crippen LogP contribution >= 0.6 is 0 Å². The minimum atomic E-state index is -0.677. The zero-order valence-electron chi connectivity index (χ0n) is 7.89. The van der Waals surface area contributed by atoms with E-state index in [1.807, 2.05) is 30.3 Å². The monoisotopic (exact) mass is 191 g/mol. The van der Waals surface area contributed by atoms with Gasteiger partial charge in [0.25, 0.3) is 0 Å². The van der Waals surface area contributed by atoms with Gasteiger partial charge in [-0.3, -0.25) is 4.79 Å². The fourth-order valence-electron chi connectivity index (χ4n) is 1.84. The van der Waals surface area contributed by atoms with Crippen LogP contribution in [0.1, 0.15) is 6.42 Å². The normalized spacial score (nSPS) is 21.1. The molecular weight excluding hydrogens is 178 g/mol. The third kappa shape index (κ3) is 1.71. The van der Waals surface area contributed by atoms with Crippen LogP contribution in [0.3, 0.4) is 0 Å². The van der Waals surface area contributed by atoms with E-state index in [1.54, 1.807) is 0 Å².